The van der Waals surface area contributed by atoms with Crippen LogP contribution in [-0.2, 0) is 11.2 Å². The van der Waals surface area contributed by atoms with Crippen LogP contribution in [0.2, 0.25) is 0 Å². The van der Waals surface area contributed by atoms with E-state index in [2.05, 4.69) is 30.8 Å². The van der Waals surface area contributed by atoms with Gasteiger partial charge < -0.3 is 5.11 Å². The summed E-state index contributed by atoms with van der Waals surface area (Å²) in [6, 6.07) is 4.59. The summed E-state index contributed by atoms with van der Waals surface area (Å²) in [5.74, 6) is 4.33. The van der Waals surface area contributed by atoms with Crippen LogP contribution in [0.3, 0.4) is 0 Å². The molecule has 0 radical (unpaired) electrons. The van der Waals surface area contributed by atoms with Gasteiger partial charge in [0.15, 0.2) is 0 Å². The molecule has 4 bridgehead atoms. The number of benzene rings is 1. The highest BCUT2D eigenvalue weighted by molar-refractivity contribution is 8.00. The molecule has 3 heteroatoms. The minimum atomic E-state index is 0.274. The van der Waals surface area contributed by atoms with Crippen LogP contribution < -0.4 is 0 Å². The molecule has 29 heavy (non-hydrogen) atoms. The Morgan fingerprint density at radius 2 is 1.59 bits per heavy atom. The number of aryl methyl sites for hydroxylation is 1. The third-order valence-corrected chi connectivity index (χ3v) is 10.9. The van der Waals surface area contributed by atoms with Crippen molar-refractivity contribution in [3.05, 3.63) is 28.8 Å². The van der Waals surface area contributed by atoms with E-state index < -0.39 is 0 Å². The molecule has 1 nitrogen and oxygen atoms in total. The smallest absolute Gasteiger partial charge is 0.123 e. The fourth-order valence-corrected chi connectivity index (χ4v) is 9.53. The number of aromatic hydroxyl groups is 1. The van der Waals surface area contributed by atoms with Crippen molar-refractivity contribution in [1.82, 2.24) is 0 Å². The van der Waals surface area contributed by atoms with Gasteiger partial charge in [0, 0.05) is 27.4 Å². The summed E-state index contributed by atoms with van der Waals surface area (Å²) >= 11 is 7.00. The zero-order valence-corrected chi connectivity index (χ0v) is 19.7. The van der Waals surface area contributed by atoms with Crippen molar-refractivity contribution in [2.75, 3.05) is 0 Å². The summed E-state index contributed by atoms with van der Waals surface area (Å²) in [6.07, 6.45) is 16.3. The van der Waals surface area contributed by atoms with Crippen molar-refractivity contribution >= 4 is 24.4 Å². The van der Waals surface area contributed by atoms with E-state index in [1.807, 2.05) is 0 Å². The number of thiol groups is 1. The Labute approximate surface area is 187 Å². The maximum Gasteiger partial charge on any atom is 0.123 e. The molecule has 0 amide bonds. The van der Waals surface area contributed by atoms with E-state index in [9.17, 15) is 5.11 Å². The first-order valence-electron chi connectivity index (χ1n) is 12.1. The lowest BCUT2D eigenvalue weighted by atomic mass is 9.48. The summed E-state index contributed by atoms with van der Waals surface area (Å²) in [5.41, 5.74) is 4.11. The van der Waals surface area contributed by atoms with E-state index in [0.717, 1.165) is 23.5 Å². The molecule has 5 aliphatic carbocycles. The van der Waals surface area contributed by atoms with Gasteiger partial charge in [0.1, 0.15) is 5.75 Å². The number of hydrogen-bond acceptors (Lipinski definition) is 3. The number of hydrogen-bond donors (Lipinski definition) is 2. The largest absolute Gasteiger partial charge is 0.507 e. The van der Waals surface area contributed by atoms with Gasteiger partial charge in [0.05, 0.1) is 0 Å². The zero-order valence-electron chi connectivity index (χ0n) is 18.0. The highest BCUT2D eigenvalue weighted by Crippen LogP contribution is 2.62. The van der Waals surface area contributed by atoms with Crippen molar-refractivity contribution in [1.29, 1.82) is 0 Å². The molecular formula is C26H38OS2. The average Bonchev–Trinajstić information content (AvgIpc) is 2.65. The quantitative estimate of drug-likeness (QED) is 0.485. The molecule has 2 atom stereocenters. The standard InChI is InChI=1S/C26H38OS2/c1-17-8-21(16-29-24-7-5-3-2-4-6-23(24)28)25(27)22(9-17)26-13-18-10-19(14-26)12-20(11-18)15-26/h8-9,18-20,23-24,27-28H,2-7,10-16H2,1H3/t18?,19?,20?,23-,24-,26?/m1/s1. The first kappa shape index (κ1) is 20.6. The molecule has 5 fully saturated rings. The Balaban J connectivity index is 1.37. The van der Waals surface area contributed by atoms with E-state index in [1.165, 1.54) is 93.7 Å². The fraction of sp³-hybridized carbons (Fsp3) is 0.769. The van der Waals surface area contributed by atoms with Crippen LogP contribution in [0.25, 0.3) is 0 Å². The second kappa shape index (κ2) is 8.34. The Bertz CT molecular complexity index is 707. The van der Waals surface area contributed by atoms with E-state index in [-0.39, 0.29) is 5.41 Å². The monoisotopic (exact) mass is 430 g/mol. The van der Waals surface area contributed by atoms with Crippen molar-refractivity contribution in [3.8, 4) is 5.75 Å². The molecule has 0 aliphatic heterocycles. The first-order chi connectivity index (χ1) is 14.0. The first-order valence-corrected chi connectivity index (χ1v) is 13.7. The highest BCUT2D eigenvalue weighted by Gasteiger charge is 2.52. The van der Waals surface area contributed by atoms with Crippen molar-refractivity contribution in [2.24, 2.45) is 17.8 Å². The SMILES string of the molecule is Cc1cc(CS[C@@H]2CCCCCC[C@H]2S)c(O)c(C23CC4CC(CC(C4)C2)C3)c1. The number of rotatable bonds is 4. The van der Waals surface area contributed by atoms with Crippen LogP contribution in [0.4, 0.5) is 0 Å². The van der Waals surface area contributed by atoms with Gasteiger partial charge in [0.25, 0.3) is 0 Å². The predicted octanol–water partition coefficient (Wildman–Crippen LogP) is 7.42. The van der Waals surface area contributed by atoms with Crippen LogP contribution in [-0.4, -0.2) is 15.6 Å². The molecular weight excluding hydrogens is 392 g/mol. The molecule has 5 aliphatic rings. The van der Waals surface area contributed by atoms with Crippen molar-refractivity contribution < 1.29 is 5.11 Å². The lowest BCUT2D eigenvalue weighted by molar-refractivity contribution is -0.00619. The van der Waals surface area contributed by atoms with Gasteiger partial charge in [-0.05, 0) is 81.5 Å². The molecule has 1 N–H and O–H groups in total. The van der Waals surface area contributed by atoms with E-state index >= 15 is 0 Å². The van der Waals surface area contributed by atoms with Crippen molar-refractivity contribution in [3.63, 3.8) is 0 Å². The molecule has 0 heterocycles. The van der Waals surface area contributed by atoms with Gasteiger partial charge in [-0.15, -0.1) is 0 Å². The maximum absolute atomic E-state index is 11.4. The molecule has 0 spiro atoms. The van der Waals surface area contributed by atoms with E-state index in [4.69, 9.17) is 12.6 Å². The second-order valence-electron chi connectivity index (χ2n) is 10.9. The third kappa shape index (κ3) is 4.12. The number of phenolic OH excluding ortho intramolecular Hbond substituents is 1. The fourth-order valence-electron chi connectivity index (χ4n) is 7.63. The lowest BCUT2D eigenvalue weighted by Gasteiger charge is -2.57. The molecule has 160 valence electrons. The molecule has 6 rings (SSSR count). The van der Waals surface area contributed by atoms with Gasteiger partial charge in [-0.2, -0.15) is 24.4 Å². The zero-order chi connectivity index (χ0) is 20.0. The third-order valence-electron chi connectivity index (χ3n) is 8.56. The summed E-state index contributed by atoms with van der Waals surface area (Å²) < 4.78 is 0. The lowest BCUT2D eigenvalue weighted by Crippen LogP contribution is -2.48. The Morgan fingerprint density at radius 1 is 0.966 bits per heavy atom. The normalized spacial score (nSPS) is 39.3. The maximum atomic E-state index is 11.4. The van der Waals surface area contributed by atoms with Gasteiger partial charge in [-0.3, -0.25) is 0 Å². The van der Waals surface area contributed by atoms with Gasteiger partial charge in [-0.25, -0.2) is 0 Å². The van der Waals surface area contributed by atoms with E-state index in [0.29, 0.717) is 16.2 Å². The summed E-state index contributed by atoms with van der Waals surface area (Å²) in [4.78, 5) is 0. The van der Waals surface area contributed by atoms with Crippen LogP contribution in [0.5, 0.6) is 5.75 Å². The van der Waals surface area contributed by atoms with Crippen LogP contribution in [0.1, 0.15) is 93.7 Å². The minimum Gasteiger partial charge on any atom is -0.507 e. The van der Waals surface area contributed by atoms with Gasteiger partial charge in [-0.1, -0.05) is 43.4 Å². The van der Waals surface area contributed by atoms with Crippen LogP contribution >= 0.6 is 24.4 Å². The Morgan fingerprint density at radius 3 is 2.24 bits per heavy atom. The van der Waals surface area contributed by atoms with Crippen LogP contribution in [0.15, 0.2) is 12.1 Å². The number of phenols is 1. The predicted molar refractivity (Wildman–Crippen MR) is 128 cm³/mol. The molecule has 0 unspecified atom stereocenters. The Kier molecular flexibility index (Phi) is 5.93. The minimum absolute atomic E-state index is 0.274. The van der Waals surface area contributed by atoms with Crippen LogP contribution in [0, 0.1) is 24.7 Å². The average molecular weight is 431 g/mol. The molecule has 5 saturated carbocycles. The molecule has 1 aromatic carbocycles. The van der Waals surface area contributed by atoms with Crippen molar-refractivity contribution in [2.45, 2.75) is 106 Å². The summed E-state index contributed by atoms with van der Waals surface area (Å²) in [6.45, 7) is 2.23. The van der Waals surface area contributed by atoms with E-state index in [1.54, 1.807) is 0 Å². The van der Waals surface area contributed by atoms with Gasteiger partial charge >= 0.3 is 0 Å². The Hall–Kier alpha value is -0.280. The summed E-state index contributed by atoms with van der Waals surface area (Å²) in [5, 5.41) is 12.6. The van der Waals surface area contributed by atoms with Gasteiger partial charge in [0.2, 0.25) is 0 Å². The molecule has 0 saturated heterocycles. The second-order valence-corrected chi connectivity index (χ2v) is 12.8. The molecule has 0 aromatic heterocycles. The number of thioether (sulfide) groups is 1. The summed E-state index contributed by atoms with van der Waals surface area (Å²) in [7, 11) is 0. The topological polar surface area (TPSA) is 20.2 Å². The molecule has 1 aromatic rings. The highest BCUT2D eigenvalue weighted by atomic mass is 32.2.